The third kappa shape index (κ3) is 6.19. The third-order valence-corrected chi connectivity index (χ3v) is 1.27. The fourth-order valence-corrected chi connectivity index (χ4v) is 0.726. The van der Waals surface area contributed by atoms with Gasteiger partial charge in [-0.3, -0.25) is 4.57 Å². The molecule has 6 heteroatoms. The Kier molecular flexibility index (Phi) is 4.08. The maximum absolute atomic E-state index is 10.1. The second-order valence-corrected chi connectivity index (χ2v) is 3.54. The molecule has 0 amide bonds. The number of aliphatic hydroxyl groups is 1. The zero-order chi connectivity index (χ0) is 8.20. The first-order valence-electron chi connectivity index (χ1n) is 2.73. The highest BCUT2D eigenvalue weighted by Gasteiger charge is 2.14. The lowest BCUT2D eigenvalue weighted by Crippen LogP contribution is -2.13. The number of aliphatic hydroxyl groups excluding tert-OH is 1. The molecular weight excluding hydrogens is 159 g/mol. The van der Waals surface area contributed by atoms with Crippen molar-refractivity contribution in [3.63, 3.8) is 0 Å². The van der Waals surface area contributed by atoms with Gasteiger partial charge in [0.25, 0.3) is 0 Å². The van der Waals surface area contributed by atoms with Gasteiger partial charge in [-0.2, -0.15) is 0 Å². The van der Waals surface area contributed by atoms with Crippen LogP contribution in [0.5, 0.6) is 0 Å². The molecule has 1 unspecified atom stereocenters. The lowest BCUT2D eigenvalue weighted by atomic mass is 10.4. The summed E-state index contributed by atoms with van der Waals surface area (Å²) < 4.78 is 14.7. The van der Waals surface area contributed by atoms with E-state index in [1.807, 2.05) is 0 Å². The molecule has 0 fully saturated rings. The predicted octanol–water partition coefficient (Wildman–Crippen LogP) is -0.481. The summed E-state index contributed by atoms with van der Waals surface area (Å²) in [5.41, 5.74) is 0. The van der Waals surface area contributed by atoms with Crippen LogP contribution >= 0.6 is 7.60 Å². The van der Waals surface area contributed by atoms with Gasteiger partial charge in [-0.15, -0.1) is 0 Å². The summed E-state index contributed by atoms with van der Waals surface area (Å²) in [6, 6.07) is 0. The highest BCUT2D eigenvalue weighted by Crippen LogP contribution is 2.34. The molecule has 1 atom stereocenters. The molecule has 0 aromatic rings. The molecule has 0 saturated carbocycles. The number of hydrogen-bond acceptors (Lipinski definition) is 3. The van der Waals surface area contributed by atoms with Crippen LogP contribution in [-0.4, -0.2) is 34.0 Å². The molecule has 0 aliphatic heterocycles. The summed E-state index contributed by atoms with van der Waals surface area (Å²) in [7, 11) is -4.07. The van der Waals surface area contributed by atoms with Gasteiger partial charge in [0, 0.05) is 0 Å². The lowest BCUT2D eigenvalue weighted by Gasteiger charge is -2.09. The van der Waals surface area contributed by atoms with Crippen molar-refractivity contribution in [3.8, 4) is 0 Å². The zero-order valence-electron chi connectivity index (χ0n) is 5.60. The molecule has 0 bridgehead atoms. The molecule has 0 rings (SSSR count). The molecular formula is C4H11O5P. The first-order valence-corrected chi connectivity index (χ1v) is 4.52. The predicted molar refractivity (Wildman–Crippen MR) is 34.5 cm³/mol. The molecule has 0 aliphatic rings. The van der Waals surface area contributed by atoms with Gasteiger partial charge in [0.05, 0.1) is 12.7 Å². The molecule has 0 aromatic heterocycles. The van der Waals surface area contributed by atoms with Crippen LogP contribution in [0, 0.1) is 0 Å². The van der Waals surface area contributed by atoms with Crippen molar-refractivity contribution in [1.82, 2.24) is 0 Å². The summed E-state index contributed by atoms with van der Waals surface area (Å²) in [5.74, 6) is 0. The van der Waals surface area contributed by atoms with Gasteiger partial charge in [0.1, 0.15) is 6.35 Å². The molecule has 0 saturated heterocycles. The van der Waals surface area contributed by atoms with Crippen LogP contribution < -0.4 is 0 Å². The van der Waals surface area contributed by atoms with Crippen LogP contribution in [0.3, 0.4) is 0 Å². The first kappa shape index (κ1) is 10.1. The van der Waals surface area contributed by atoms with E-state index in [2.05, 4.69) is 4.74 Å². The monoisotopic (exact) mass is 170 g/mol. The largest absolute Gasteiger partial charge is 0.394 e. The Morgan fingerprint density at radius 3 is 2.40 bits per heavy atom. The van der Waals surface area contributed by atoms with Crippen molar-refractivity contribution < 1.29 is 24.2 Å². The van der Waals surface area contributed by atoms with Gasteiger partial charge in [-0.25, -0.2) is 0 Å². The van der Waals surface area contributed by atoms with Crippen LogP contribution in [0.1, 0.15) is 6.92 Å². The summed E-state index contributed by atoms with van der Waals surface area (Å²) >= 11 is 0. The molecule has 0 aromatic carbocycles. The van der Waals surface area contributed by atoms with Crippen LogP contribution in [0.25, 0.3) is 0 Å². The van der Waals surface area contributed by atoms with Gasteiger partial charge in [-0.1, -0.05) is 0 Å². The lowest BCUT2D eigenvalue weighted by molar-refractivity contribution is 0.0427. The topological polar surface area (TPSA) is 87.0 Å². The van der Waals surface area contributed by atoms with Crippen molar-refractivity contribution in [2.24, 2.45) is 0 Å². The standard InChI is InChI=1S/C4H11O5P/c1-4(2-5)9-3-10(6,7)8/h4-5H,2-3H2,1H3,(H2,6,7,8). The average molecular weight is 170 g/mol. The Labute approximate surface area is 58.8 Å². The van der Waals surface area contributed by atoms with E-state index < -0.39 is 20.0 Å². The molecule has 5 nitrogen and oxygen atoms in total. The average Bonchev–Trinajstić information content (AvgIpc) is 1.81. The normalized spacial score (nSPS) is 15.2. The minimum atomic E-state index is -4.07. The van der Waals surface area contributed by atoms with Crippen molar-refractivity contribution >= 4 is 7.60 Å². The quantitative estimate of drug-likeness (QED) is 0.496. The molecule has 62 valence electrons. The molecule has 0 radical (unpaired) electrons. The van der Waals surface area contributed by atoms with Crippen molar-refractivity contribution in [3.05, 3.63) is 0 Å². The van der Waals surface area contributed by atoms with E-state index in [4.69, 9.17) is 14.9 Å². The fourth-order valence-electron chi connectivity index (χ4n) is 0.277. The summed E-state index contributed by atoms with van der Waals surface area (Å²) in [6.45, 7) is 1.29. The van der Waals surface area contributed by atoms with Gasteiger partial charge in [0.15, 0.2) is 0 Å². The number of ether oxygens (including phenoxy) is 1. The highest BCUT2D eigenvalue weighted by molar-refractivity contribution is 7.51. The Morgan fingerprint density at radius 2 is 2.10 bits per heavy atom. The van der Waals surface area contributed by atoms with Crippen LogP contribution in [0.4, 0.5) is 0 Å². The maximum atomic E-state index is 10.1. The van der Waals surface area contributed by atoms with E-state index in [9.17, 15) is 4.57 Å². The van der Waals surface area contributed by atoms with Crippen LogP contribution in [-0.2, 0) is 9.30 Å². The molecule has 0 aliphatic carbocycles. The van der Waals surface area contributed by atoms with Crippen LogP contribution in [0.15, 0.2) is 0 Å². The zero-order valence-corrected chi connectivity index (χ0v) is 6.49. The second-order valence-electron chi connectivity index (χ2n) is 1.95. The minimum Gasteiger partial charge on any atom is -0.394 e. The van der Waals surface area contributed by atoms with E-state index in [0.29, 0.717) is 0 Å². The van der Waals surface area contributed by atoms with E-state index in [1.54, 1.807) is 0 Å². The molecule has 0 heterocycles. The Morgan fingerprint density at radius 1 is 1.60 bits per heavy atom. The van der Waals surface area contributed by atoms with Crippen molar-refractivity contribution in [2.45, 2.75) is 13.0 Å². The van der Waals surface area contributed by atoms with Gasteiger partial charge < -0.3 is 19.6 Å². The maximum Gasteiger partial charge on any atom is 0.350 e. The molecule has 3 N–H and O–H groups in total. The smallest absolute Gasteiger partial charge is 0.350 e. The molecule has 10 heavy (non-hydrogen) atoms. The Bertz CT molecular complexity index is 130. The minimum absolute atomic E-state index is 0.236. The second kappa shape index (κ2) is 4.05. The fraction of sp³-hybridized carbons (Fsp3) is 1.00. The number of rotatable bonds is 4. The van der Waals surface area contributed by atoms with Gasteiger partial charge in [0.2, 0.25) is 0 Å². The highest BCUT2D eigenvalue weighted by atomic mass is 31.2. The Hall–Kier alpha value is 0.0700. The van der Waals surface area contributed by atoms with Crippen molar-refractivity contribution in [2.75, 3.05) is 13.0 Å². The van der Waals surface area contributed by atoms with E-state index >= 15 is 0 Å². The number of hydrogen-bond donors (Lipinski definition) is 3. The van der Waals surface area contributed by atoms with E-state index in [1.165, 1.54) is 6.92 Å². The van der Waals surface area contributed by atoms with Gasteiger partial charge >= 0.3 is 7.60 Å². The summed E-state index contributed by atoms with van der Waals surface area (Å²) in [5, 5.41) is 8.35. The van der Waals surface area contributed by atoms with E-state index in [0.717, 1.165) is 0 Å². The summed E-state index contributed by atoms with van der Waals surface area (Å²) in [4.78, 5) is 16.5. The van der Waals surface area contributed by atoms with E-state index in [-0.39, 0.29) is 6.61 Å². The van der Waals surface area contributed by atoms with Gasteiger partial charge in [-0.05, 0) is 6.92 Å². The third-order valence-electron chi connectivity index (χ3n) is 0.784. The molecule has 0 spiro atoms. The Balaban J connectivity index is 3.46. The first-order chi connectivity index (χ1) is 4.45. The van der Waals surface area contributed by atoms with Crippen molar-refractivity contribution in [1.29, 1.82) is 0 Å². The summed E-state index contributed by atoms with van der Waals surface area (Å²) in [6.07, 6.45) is -1.15. The SMILES string of the molecule is CC(CO)OCP(=O)(O)O. The van der Waals surface area contributed by atoms with Crippen LogP contribution in [0.2, 0.25) is 0 Å².